The predicted molar refractivity (Wildman–Crippen MR) is 60.6 cm³/mol. The molecule has 0 saturated carbocycles. The highest BCUT2D eigenvalue weighted by atomic mass is 16.4. The molecule has 6 heteroatoms. The summed E-state index contributed by atoms with van der Waals surface area (Å²) in [6, 6.07) is 4.83. The summed E-state index contributed by atoms with van der Waals surface area (Å²) >= 11 is 0. The molecule has 17 heavy (non-hydrogen) atoms. The van der Waals surface area contributed by atoms with Crippen LogP contribution in [0.1, 0.15) is 5.56 Å². The molecule has 2 heterocycles. The van der Waals surface area contributed by atoms with Crippen LogP contribution in [0.25, 0.3) is 0 Å². The smallest absolute Gasteiger partial charge is 0.322 e. The van der Waals surface area contributed by atoms with Crippen molar-refractivity contribution in [3.63, 3.8) is 0 Å². The normalized spacial score (nSPS) is 19.7. The van der Waals surface area contributed by atoms with Crippen LogP contribution in [0, 0.1) is 11.3 Å². The zero-order valence-corrected chi connectivity index (χ0v) is 9.13. The second kappa shape index (κ2) is 4.80. The average molecular weight is 232 g/mol. The number of anilines is 1. The van der Waals surface area contributed by atoms with E-state index in [2.05, 4.69) is 16.4 Å². The molecule has 2 N–H and O–H groups in total. The van der Waals surface area contributed by atoms with Crippen molar-refractivity contribution in [2.45, 2.75) is 6.04 Å². The highest BCUT2D eigenvalue weighted by Crippen LogP contribution is 2.17. The molecule has 1 aliphatic rings. The summed E-state index contributed by atoms with van der Waals surface area (Å²) in [6.45, 7) is 1.54. The number of aliphatic carboxylic acids is 1. The summed E-state index contributed by atoms with van der Waals surface area (Å²) in [6.07, 6.45) is 1.61. The van der Waals surface area contributed by atoms with Crippen molar-refractivity contribution in [2.24, 2.45) is 0 Å². The van der Waals surface area contributed by atoms with Crippen LogP contribution >= 0.6 is 0 Å². The Hall–Kier alpha value is -2.13. The van der Waals surface area contributed by atoms with Gasteiger partial charge in [0.05, 0.1) is 5.56 Å². The van der Waals surface area contributed by atoms with E-state index in [1.165, 1.54) is 0 Å². The first kappa shape index (κ1) is 11.4. The van der Waals surface area contributed by atoms with Gasteiger partial charge in [-0.1, -0.05) is 0 Å². The molecule has 0 bridgehead atoms. The molecule has 1 fully saturated rings. The minimum Gasteiger partial charge on any atom is -0.480 e. The maximum atomic E-state index is 10.9. The maximum absolute atomic E-state index is 10.9. The van der Waals surface area contributed by atoms with Crippen molar-refractivity contribution < 1.29 is 9.90 Å². The number of piperazine rings is 1. The van der Waals surface area contributed by atoms with Crippen LogP contribution in [0.5, 0.6) is 0 Å². The quantitative estimate of drug-likeness (QED) is 0.735. The van der Waals surface area contributed by atoms with Gasteiger partial charge < -0.3 is 15.3 Å². The van der Waals surface area contributed by atoms with Gasteiger partial charge in [0.25, 0.3) is 0 Å². The van der Waals surface area contributed by atoms with E-state index in [-0.39, 0.29) is 0 Å². The molecule has 88 valence electrons. The molecule has 0 aliphatic carbocycles. The van der Waals surface area contributed by atoms with Gasteiger partial charge in [-0.15, -0.1) is 0 Å². The van der Waals surface area contributed by atoms with Crippen LogP contribution in [0.15, 0.2) is 18.3 Å². The fourth-order valence-corrected chi connectivity index (χ4v) is 1.84. The van der Waals surface area contributed by atoms with Crippen molar-refractivity contribution in [1.82, 2.24) is 10.3 Å². The molecule has 1 aliphatic heterocycles. The Balaban J connectivity index is 2.22. The van der Waals surface area contributed by atoms with Gasteiger partial charge in [-0.3, -0.25) is 4.79 Å². The summed E-state index contributed by atoms with van der Waals surface area (Å²) in [7, 11) is 0. The van der Waals surface area contributed by atoms with E-state index in [4.69, 9.17) is 10.4 Å². The van der Waals surface area contributed by atoms with Crippen molar-refractivity contribution in [3.8, 4) is 6.07 Å². The van der Waals surface area contributed by atoms with Crippen LogP contribution in [-0.4, -0.2) is 41.7 Å². The lowest BCUT2D eigenvalue weighted by atomic mass is 10.2. The molecular weight excluding hydrogens is 220 g/mol. The lowest BCUT2D eigenvalue weighted by Crippen LogP contribution is -2.54. The third kappa shape index (κ3) is 2.34. The number of pyridine rings is 1. The van der Waals surface area contributed by atoms with Gasteiger partial charge in [0.2, 0.25) is 0 Å². The number of carbonyl (C=O) groups is 1. The Bertz CT molecular complexity index is 469. The number of aromatic nitrogens is 1. The Morgan fingerprint density at radius 1 is 1.71 bits per heavy atom. The zero-order valence-electron chi connectivity index (χ0n) is 9.13. The zero-order chi connectivity index (χ0) is 12.3. The Morgan fingerprint density at radius 2 is 2.53 bits per heavy atom. The van der Waals surface area contributed by atoms with E-state index >= 15 is 0 Å². The number of nitriles is 1. The van der Waals surface area contributed by atoms with Crippen molar-refractivity contribution in [2.75, 3.05) is 24.5 Å². The van der Waals surface area contributed by atoms with Crippen LogP contribution in [-0.2, 0) is 4.79 Å². The molecule has 0 spiro atoms. The molecule has 6 nitrogen and oxygen atoms in total. The fourth-order valence-electron chi connectivity index (χ4n) is 1.84. The van der Waals surface area contributed by atoms with E-state index in [1.807, 2.05) is 4.90 Å². The first-order chi connectivity index (χ1) is 8.22. The first-order valence-corrected chi connectivity index (χ1v) is 5.28. The number of carboxylic acids is 1. The Morgan fingerprint density at radius 3 is 3.24 bits per heavy atom. The number of rotatable bonds is 2. The van der Waals surface area contributed by atoms with Crippen LogP contribution in [0.2, 0.25) is 0 Å². The number of nitrogens with zero attached hydrogens (tertiary/aromatic N) is 3. The summed E-state index contributed by atoms with van der Waals surface area (Å²) < 4.78 is 0. The monoisotopic (exact) mass is 232 g/mol. The first-order valence-electron chi connectivity index (χ1n) is 5.28. The standard InChI is InChI=1S/C11H12N4O2/c12-6-8-2-1-3-14-10(8)15-5-4-13-9(7-15)11(16)17/h1-3,9,13H,4-5,7H2,(H,16,17)/t9-/m1/s1. The minimum atomic E-state index is -0.885. The second-order valence-electron chi connectivity index (χ2n) is 3.78. The molecule has 1 atom stereocenters. The van der Waals surface area contributed by atoms with E-state index in [0.717, 1.165) is 0 Å². The van der Waals surface area contributed by atoms with E-state index in [1.54, 1.807) is 18.3 Å². The highest BCUT2D eigenvalue weighted by Gasteiger charge is 2.26. The topological polar surface area (TPSA) is 89.3 Å². The van der Waals surface area contributed by atoms with Crippen molar-refractivity contribution in [1.29, 1.82) is 5.26 Å². The largest absolute Gasteiger partial charge is 0.480 e. The number of hydrogen-bond acceptors (Lipinski definition) is 5. The molecule has 2 rings (SSSR count). The highest BCUT2D eigenvalue weighted by molar-refractivity contribution is 5.75. The molecule has 0 amide bonds. The molecule has 1 aromatic rings. The second-order valence-corrected chi connectivity index (χ2v) is 3.78. The summed E-state index contributed by atoms with van der Waals surface area (Å²) in [5.41, 5.74) is 0.471. The number of hydrogen-bond donors (Lipinski definition) is 2. The SMILES string of the molecule is N#Cc1cccnc1N1CCN[C@@H](C(=O)O)C1. The molecule has 1 saturated heterocycles. The summed E-state index contributed by atoms with van der Waals surface area (Å²) in [5.74, 6) is -0.327. The Labute approximate surface area is 98.5 Å². The van der Waals surface area contributed by atoms with Gasteiger partial charge >= 0.3 is 5.97 Å². The fraction of sp³-hybridized carbons (Fsp3) is 0.364. The van der Waals surface area contributed by atoms with Gasteiger partial charge in [0.15, 0.2) is 0 Å². The van der Waals surface area contributed by atoms with Crippen LogP contribution < -0.4 is 10.2 Å². The van der Waals surface area contributed by atoms with Gasteiger partial charge in [0, 0.05) is 25.8 Å². The van der Waals surface area contributed by atoms with Gasteiger partial charge in [0.1, 0.15) is 17.9 Å². The molecule has 0 unspecified atom stereocenters. The predicted octanol–water partition coefficient (Wildman–Crippen LogP) is -0.184. The van der Waals surface area contributed by atoms with Crippen molar-refractivity contribution >= 4 is 11.8 Å². The van der Waals surface area contributed by atoms with E-state index in [9.17, 15) is 4.79 Å². The third-order valence-electron chi connectivity index (χ3n) is 2.68. The van der Waals surface area contributed by atoms with Gasteiger partial charge in [-0.25, -0.2) is 4.98 Å². The number of nitrogens with one attached hydrogen (secondary N) is 1. The van der Waals surface area contributed by atoms with Crippen LogP contribution in [0.3, 0.4) is 0 Å². The van der Waals surface area contributed by atoms with Gasteiger partial charge in [-0.05, 0) is 12.1 Å². The molecular formula is C11H12N4O2. The Kier molecular flexibility index (Phi) is 3.21. The maximum Gasteiger partial charge on any atom is 0.322 e. The summed E-state index contributed by atoms with van der Waals surface area (Å²) in [4.78, 5) is 16.9. The third-order valence-corrected chi connectivity index (χ3v) is 2.68. The van der Waals surface area contributed by atoms with E-state index in [0.29, 0.717) is 31.0 Å². The van der Waals surface area contributed by atoms with Crippen LogP contribution in [0.4, 0.5) is 5.82 Å². The number of carboxylic acid groups (broad SMARTS) is 1. The average Bonchev–Trinajstić information content (AvgIpc) is 2.39. The molecule has 0 radical (unpaired) electrons. The van der Waals surface area contributed by atoms with Crippen molar-refractivity contribution in [3.05, 3.63) is 23.9 Å². The molecule has 1 aromatic heterocycles. The lowest BCUT2D eigenvalue weighted by molar-refractivity contribution is -0.139. The summed E-state index contributed by atoms with van der Waals surface area (Å²) in [5, 5.41) is 20.8. The molecule has 0 aromatic carbocycles. The van der Waals surface area contributed by atoms with E-state index < -0.39 is 12.0 Å². The van der Waals surface area contributed by atoms with Gasteiger partial charge in [-0.2, -0.15) is 5.26 Å². The lowest BCUT2D eigenvalue weighted by Gasteiger charge is -2.32. The minimum absolute atomic E-state index is 0.320.